The van der Waals surface area contributed by atoms with Gasteiger partial charge in [-0.05, 0) is 19.4 Å². The van der Waals surface area contributed by atoms with E-state index in [-0.39, 0.29) is 34.9 Å². The van der Waals surface area contributed by atoms with E-state index in [1.54, 1.807) is 0 Å². The van der Waals surface area contributed by atoms with Crippen LogP contribution in [-0.4, -0.2) is 33.5 Å². The molecule has 1 amide bonds. The summed E-state index contributed by atoms with van der Waals surface area (Å²) in [6.07, 6.45) is -11.6. The first-order chi connectivity index (χ1) is 15.6. The third-order valence-corrected chi connectivity index (χ3v) is 6.03. The van der Waals surface area contributed by atoms with Crippen molar-refractivity contribution in [3.63, 3.8) is 0 Å². The molecule has 0 spiro atoms. The molecule has 1 atom stereocenters. The van der Waals surface area contributed by atoms with Crippen LogP contribution in [0, 0.1) is 5.82 Å². The van der Waals surface area contributed by atoms with Crippen LogP contribution in [0.5, 0.6) is 5.75 Å². The van der Waals surface area contributed by atoms with Gasteiger partial charge in [-0.15, -0.1) is 11.8 Å². The number of fused-ring (bicyclic) bond motifs is 1. The van der Waals surface area contributed by atoms with Crippen LogP contribution in [0.3, 0.4) is 0 Å². The number of anilines is 1. The Morgan fingerprint density at radius 2 is 1.82 bits per heavy atom. The highest BCUT2D eigenvalue weighted by Gasteiger charge is 2.47. The number of ether oxygens (including phenoxy) is 1. The Morgan fingerprint density at radius 3 is 2.35 bits per heavy atom. The van der Waals surface area contributed by atoms with Crippen LogP contribution in [0.4, 0.5) is 50.1 Å². The Kier molecular flexibility index (Phi) is 6.58. The van der Waals surface area contributed by atoms with Gasteiger partial charge in [0.05, 0.1) is 16.0 Å². The van der Waals surface area contributed by atoms with Crippen molar-refractivity contribution in [2.45, 2.75) is 42.7 Å². The van der Waals surface area contributed by atoms with Crippen LogP contribution >= 0.6 is 11.8 Å². The molecule has 16 heteroatoms. The lowest BCUT2D eigenvalue weighted by Crippen LogP contribution is -2.50. The lowest BCUT2D eigenvalue weighted by Gasteiger charge is -2.42. The van der Waals surface area contributed by atoms with Crippen molar-refractivity contribution >= 4 is 23.7 Å². The summed E-state index contributed by atoms with van der Waals surface area (Å²) in [5, 5.41) is 9.83. The maximum absolute atomic E-state index is 14.7. The second-order valence-electron chi connectivity index (χ2n) is 7.07. The molecule has 1 aliphatic rings. The van der Waals surface area contributed by atoms with E-state index >= 15 is 0 Å². The predicted molar refractivity (Wildman–Crippen MR) is 98.3 cm³/mol. The minimum Gasteiger partial charge on any atom is -0.465 e. The SMILES string of the molecule is C[C@]1(N(C(=O)O)c2ncc(C(F)(F)F)cc2OC(F)F)CCSc2c1cnc(C(F)(F)F)c2F. The summed E-state index contributed by atoms with van der Waals surface area (Å²) in [6, 6.07) is 0.109. The van der Waals surface area contributed by atoms with E-state index in [4.69, 9.17) is 0 Å². The molecule has 6 nitrogen and oxygen atoms in total. The average molecular weight is 521 g/mol. The lowest BCUT2D eigenvalue weighted by molar-refractivity contribution is -0.144. The third kappa shape index (κ3) is 4.67. The second-order valence-corrected chi connectivity index (χ2v) is 8.18. The van der Waals surface area contributed by atoms with E-state index in [0.717, 1.165) is 6.92 Å². The molecule has 0 radical (unpaired) electrons. The largest absolute Gasteiger partial charge is 0.465 e. The molecule has 3 rings (SSSR count). The molecule has 0 aromatic carbocycles. The van der Waals surface area contributed by atoms with Crippen LogP contribution < -0.4 is 9.64 Å². The molecule has 1 aliphatic heterocycles. The van der Waals surface area contributed by atoms with Gasteiger partial charge in [0.25, 0.3) is 0 Å². The Balaban J connectivity index is 2.24. The first-order valence-corrected chi connectivity index (χ1v) is 10.00. The van der Waals surface area contributed by atoms with Gasteiger partial charge in [0.2, 0.25) is 0 Å². The smallest absolute Gasteiger partial charge is 0.436 e. The number of halogens is 9. The normalized spacial score (nSPS) is 18.6. The van der Waals surface area contributed by atoms with Crippen LogP contribution in [0.1, 0.15) is 30.2 Å². The fourth-order valence-electron chi connectivity index (χ4n) is 3.39. The summed E-state index contributed by atoms with van der Waals surface area (Å²) in [6.45, 7) is -2.55. The van der Waals surface area contributed by atoms with Gasteiger partial charge in [0.1, 0.15) is 0 Å². The van der Waals surface area contributed by atoms with Gasteiger partial charge in [-0.2, -0.15) is 35.1 Å². The number of nitrogens with zero attached hydrogens (tertiary/aromatic N) is 3. The fourth-order valence-corrected chi connectivity index (χ4v) is 4.74. The van der Waals surface area contributed by atoms with Crippen molar-refractivity contribution in [3.05, 3.63) is 41.1 Å². The molecule has 0 bridgehead atoms. The predicted octanol–water partition coefficient (Wildman–Crippen LogP) is 6.15. The summed E-state index contributed by atoms with van der Waals surface area (Å²) < 4.78 is 123. The van der Waals surface area contributed by atoms with Crippen molar-refractivity contribution in [2.24, 2.45) is 0 Å². The highest BCUT2D eigenvalue weighted by Crippen LogP contribution is 2.49. The van der Waals surface area contributed by atoms with Crippen molar-refractivity contribution < 1.29 is 54.2 Å². The first-order valence-electron chi connectivity index (χ1n) is 9.01. The van der Waals surface area contributed by atoms with E-state index in [9.17, 15) is 49.4 Å². The van der Waals surface area contributed by atoms with Gasteiger partial charge in [-0.1, -0.05) is 0 Å². The first kappa shape index (κ1) is 25.7. The summed E-state index contributed by atoms with van der Waals surface area (Å²) in [5.74, 6) is -4.15. The Labute approximate surface area is 188 Å². The standard InChI is InChI=1S/C18H12F9N3O3S/c1-16(2-3-34-11-8(16)6-28-12(10(11)19)18(25,26)27)30(15(31)32)13-9(33-14(20)21)4-7(5-29-13)17(22,23)24/h4-6,14H,2-3H2,1H3,(H,31,32)/t16-/m0/s1. The van der Waals surface area contributed by atoms with Gasteiger partial charge in [0.15, 0.2) is 23.1 Å². The topological polar surface area (TPSA) is 75.6 Å². The zero-order valence-corrected chi connectivity index (χ0v) is 17.5. The molecule has 2 aromatic heterocycles. The number of pyridine rings is 2. The summed E-state index contributed by atoms with van der Waals surface area (Å²) in [4.78, 5) is 18.2. The van der Waals surface area contributed by atoms with Crippen LogP contribution in [-0.2, 0) is 17.9 Å². The molecule has 2 aromatic rings. The molecule has 1 N–H and O–H groups in total. The molecule has 186 valence electrons. The minimum atomic E-state index is -5.16. The van der Waals surface area contributed by atoms with Crippen molar-refractivity contribution in [1.82, 2.24) is 9.97 Å². The van der Waals surface area contributed by atoms with E-state index < -0.39 is 64.1 Å². The molecule has 0 fully saturated rings. The van der Waals surface area contributed by atoms with E-state index in [1.165, 1.54) is 0 Å². The highest BCUT2D eigenvalue weighted by molar-refractivity contribution is 7.99. The van der Waals surface area contributed by atoms with E-state index in [1.807, 2.05) is 0 Å². The molecule has 34 heavy (non-hydrogen) atoms. The summed E-state index contributed by atoms with van der Waals surface area (Å²) in [5.41, 5.74) is -5.69. The molecular weight excluding hydrogens is 509 g/mol. The number of amides is 1. The Hall–Kier alpha value is -2.91. The van der Waals surface area contributed by atoms with Crippen molar-refractivity contribution in [2.75, 3.05) is 10.7 Å². The molecule has 0 saturated carbocycles. The van der Waals surface area contributed by atoms with Crippen LogP contribution in [0.25, 0.3) is 0 Å². The number of thioether (sulfide) groups is 1. The number of hydrogen-bond acceptors (Lipinski definition) is 5. The molecular formula is C18H12F9N3O3S. The number of carboxylic acid groups (broad SMARTS) is 1. The fraction of sp³-hybridized carbons (Fsp3) is 0.389. The van der Waals surface area contributed by atoms with Crippen LogP contribution in [0.15, 0.2) is 23.4 Å². The van der Waals surface area contributed by atoms with E-state index in [2.05, 4.69) is 14.7 Å². The zero-order valence-electron chi connectivity index (χ0n) is 16.6. The van der Waals surface area contributed by atoms with Gasteiger partial charge in [-0.3, -0.25) is 0 Å². The Bertz CT molecular complexity index is 1110. The minimum absolute atomic E-state index is 0.109. The van der Waals surface area contributed by atoms with Gasteiger partial charge < -0.3 is 9.84 Å². The molecule has 3 heterocycles. The maximum Gasteiger partial charge on any atom is 0.436 e. The average Bonchev–Trinajstić information content (AvgIpc) is 2.67. The summed E-state index contributed by atoms with van der Waals surface area (Å²) in [7, 11) is 0. The highest BCUT2D eigenvalue weighted by atomic mass is 32.2. The monoisotopic (exact) mass is 521 g/mol. The number of hydrogen-bond donors (Lipinski definition) is 1. The van der Waals surface area contributed by atoms with Gasteiger partial charge >= 0.3 is 25.1 Å². The Morgan fingerprint density at radius 1 is 1.18 bits per heavy atom. The number of rotatable bonds is 4. The number of aromatic nitrogens is 2. The maximum atomic E-state index is 14.7. The molecule has 0 unspecified atom stereocenters. The van der Waals surface area contributed by atoms with E-state index in [0.29, 0.717) is 18.0 Å². The quantitative estimate of drug-likeness (QED) is 0.487. The van der Waals surface area contributed by atoms with Crippen LogP contribution in [0.2, 0.25) is 0 Å². The summed E-state index contributed by atoms with van der Waals surface area (Å²) >= 11 is 0.638. The lowest BCUT2D eigenvalue weighted by atomic mass is 9.87. The van der Waals surface area contributed by atoms with Crippen molar-refractivity contribution in [1.29, 1.82) is 0 Å². The van der Waals surface area contributed by atoms with Gasteiger partial charge in [0, 0.05) is 23.7 Å². The third-order valence-electron chi connectivity index (χ3n) is 4.93. The van der Waals surface area contributed by atoms with Gasteiger partial charge in [-0.25, -0.2) is 24.1 Å². The number of carbonyl (C=O) groups is 1. The zero-order chi connectivity index (χ0) is 25.6. The van der Waals surface area contributed by atoms with Crippen molar-refractivity contribution in [3.8, 4) is 5.75 Å². The molecule has 0 saturated heterocycles. The second kappa shape index (κ2) is 8.70. The number of alkyl halides is 8. The molecule has 0 aliphatic carbocycles.